The van der Waals surface area contributed by atoms with Crippen LogP contribution in [0.5, 0.6) is 0 Å². The first-order valence-corrected chi connectivity index (χ1v) is 5.56. The molecule has 0 spiro atoms. The molecular weight excluding hydrogens is 184 g/mol. The average molecular weight is 202 g/mol. The molecule has 15 heavy (non-hydrogen) atoms. The highest BCUT2D eigenvalue weighted by molar-refractivity contribution is 5.74. The van der Waals surface area contributed by atoms with E-state index in [4.69, 9.17) is 5.73 Å². The van der Waals surface area contributed by atoms with Gasteiger partial charge in [-0.25, -0.2) is 0 Å². The fourth-order valence-corrected chi connectivity index (χ4v) is 2.22. The normalized spacial score (nSPS) is 14.0. The number of fused-ring (bicyclic) bond motifs is 1. The van der Waals surface area contributed by atoms with Gasteiger partial charge in [0.05, 0.1) is 11.4 Å². The van der Waals surface area contributed by atoms with Crippen LogP contribution in [0.2, 0.25) is 0 Å². The lowest BCUT2D eigenvalue weighted by atomic mass is 10.1. The van der Waals surface area contributed by atoms with Crippen molar-refractivity contribution in [1.82, 2.24) is 0 Å². The largest absolute Gasteiger partial charge is 0.397 e. The first kappa shape index (κ1) is 10.1. The van der Waals surface area contributed by atoms with Crippen LogP contribution in [0.4, 0.5) is 11.4 Å². The number of nitrogen functional groups attached to an aromatic ring is 1. The van der Waals surface area contributed by atoms with E-state index in [1.165, 1.54) is 11.3 Å². The second-order valence-electron chi connectivity index (χ2n) is 4.02. The molecule has 0 amide bonds. The third-order valence-corrected chi connectivity index (χ3v) is 2.95. The number of hydrogen-bond acceptors (Lipinski definition) is 2. The van der Waals surface area contributed by atoms with Crippen LogP contribution in [0.3, 0.4) is 0 Å². The summed E-state index contributed by atoms with van der Waals surface area (Å²) in [5.74, 6) is 0. The number of nitrogens with zero attached hydrogens (tertiary/aromatic N) is 1. The molecule has 0 saturated heterocycles. The van der Waals surface area contributed by atoms with Crippen molar-refractivity contribution in [2.45, 2.75) is 19.3 Å². The molecule has 1 heterocycles. The quantitative estimate of drug-likeness (QED) is 0.462. The Morgan fingerprint density at radius 2 is 2.33 bits per heavy atom. The number of nitrogens with two attached hydrogens (primary N) is 1. The molecule has 2 N–H and O–H groups in total. The van der Waals surface area contributed by atoms with E-state index in [0.717, 1.165) is 38.0 Å². The lowest BCUT2D eigenvalue weighted by Gasteiger charge is -2.20. The number of para-hydroxylation sites is 1. The summed E-state index contributed by atoms with van der Waals surface area (Å²) in [5, 5.41) is 0. The van der Waals surface area contributed by atoms with Gasteiger partial charge in [0.25, 0.3) is 0 Å². The average Bonchev–Trinajstić information content (AvgIpc) is 2.63. The minimum Gasteiger partial charge on any atom is -0.397 e. The highest BCUT2D eigenvalue weighted by Gasteiger charge is 2.20. The van der Waals surface area contributed by atoms with Crippen LogP contribution >= 0.6 is 0 Å². The van der Waals surface area contributed by atoms with Crippen molar-refractivity contribution >= 4 is 11.4 Å². The second kappa shape index (κ2) is 4.39. The Hall–Kier alpha value is -1.44. The number of benzene rings is 1. The van der Waals surface area contributed by atoms with Crippen molar-refractivity contribution in [1.29, 1.82) is 0 Å². The zero-order chi connectivity index (χ0) is 10.7. The second-order valence-corrected chi connectivity index (χ2v) is 4.02. The number of hydrogen-bond donors (Lipinski definition) is 1. The van der Waals surface area contributed by atoms with Gasteiger partial charge in [0.15, 0.2) is 0 Å². The zero-order valence-electron chi connectivity index (χ0n) is 9.08. The van der Waals surface area contributed by atoms with E-state index in [2.05, 4.69) is 17.5 Å². The van der Waals surface area contributed by atoms with E-state index in [-0.39, 0.29) is 0 Å². The maximum Gasteiger partial charge on any atom is 0.0633 e. The standard InChI is InChI=1S/C13H18N2/c1-2-3-4-9-15-10-8-11-6-5-7-12(14)13(11)15/h2,5-7H,1,3-4,8-10,14H2. The molecule has 0 saturated carbocycles. The number of anilines is 2. The van der Waals surface area contributed by atoms with E-state index >= 15 is 0 Å². The molecule has 80 valence electrons. The highest BCUT2D eigenvalue weighted by Crippen LogP contribution is 2.33. The summed E-state index contributed by atoms with van der Waals surface area (Å²) < 4.78 is 0. The first-order chi connectivity index (χ1) is 7.33. The molecule has 2 nitrogen and oxygen atoms in total. The monoisotopic (exact) mass is 202 g/mol. The summed E-state index contributed by atoms with van der Waals surface area (Å²) in [7, 11) is 0. The van der Waals surface area contributed by atoms with Gasteiger partial charge in [0, 0.05) is 13.1 Å². The number of allylic oxidation sites excluding steroid dienone is 1. The van der Waals surface area contributed by atoms with Gasteiger partial charge in [-0.2, -0.15) is 0 Å². The third-order valence-electron chi connectivity index (χ3n) is 2.95. The van der Waals surface area contributed by atoms with Gasteiger partial charge in [0.1, 0.15) is 0 Å². The zero-order valence-corrected chi connectivity index (χ0v) is 9.08. The SMILES string of the molecule is C=CCCCN1CCc2cccc(N)c21. The molecule has 0 radical (unpaired) electrons. The fourth-order valence-electron chi connectivity index (χ4n) is 2.22. The third kappa shape index (κ3) is 1.99. The van der Waals surface area contributed by atoms with Crippen LogP contribution in [0.1, 0.15) is 18.4 Å². The minimum absolute atomic E-state index is 0.920. The Morgan fingerprint density at radius 1 is 1.47 bits per heavy atom. The van der Waals surface area contributed by atoms with Crippen molar-refractivity contribution in [3.8, 4) is 0 Å². The van der Waals surface area contributed by atoms with Crippen LogP contribution in [0, 0.1) is 0 Å². The molecular formula is C13H18N2. The van der Waals surface area contributed by atoms with Gasteiger partial charge in [-0.1, -0.05) is 18.2 Å². The van der Waals surface area contributed by atoms with E-state index < -0.39 is 0 Å². The van der Waals surface area contributed by atoms with E-state index in [1.807, 2.05) is 18.2 Å². The molecule has 1 aliphatic rings. The Balaban J connectivity index is 2.10. The fraction of sp³-hybridized carbons (Fsp3) is 0.385. The van der Waals surface area contributed by atoms with Crippen LogP contribution in [0.15, 0.2) is 30.9 Å². The molecule has 1 aliphatic heterocycles. The predicted molar refractivity (Wildman–Crippen MR) is 66.2 cm³/mol. The van der Waals surface area contributed by atoms with E-state index in [0.29, 0.717) is 0 Å². The molecule has 0 aromatic heterocycles. The van der Waals surface area contributed by atoms with Crippen LogP contribution in [-0.2, 0) is 6.42 Å². The molecule has 0 fully saturated rings. The summed E-state index contributed by atoms with van der Waals surface area (Å²) in [6.45, 7) is 5.95. The van der Waals surface area contributed by atoms with Gasteiger partial charge >= 0.3 is 0 Å². The lowest BCUT2D eigenvalue weighted by molar-refractivity contribution is 0.763. The van der Waals surface area contributed by atoms with Gasteiger partial charge in [-0.15, -0.1) is 6.58 Å². The summed E-state index contributed by atoms with van der Waals surface area (Å²) in [6.07, 6.45) is 5.36. The maximum absolute atomic E-state index is 6.00. The van der Waals surface area contributed by atoms with Gasteiger partial charge in [-0.3, -0.25) is 0 Å². The molecule has 0 bridgehead atoms. The summed E-state index contributed by atoms with van der Waals surface area (Å²) in [6, 6.07) is 6.21. The Kier molecular flexibility index (Phi) is 2.95. The van der Waals surface area contributed by atoms with Crippen molar-refractivity contribution in [3.63, 3.8) is 0 Å². The predicted octanol–water partition coefficient (Wildman–Crippen LogP) is 2.60. The van der Waals surface area contributed by atoms with Gasteiger partial charge < -0.3 is 10.6 Å². The first-order valence-electron chi connectivity index (χ1n) is 5.56. The maximum atomic E-state index is 6.00. The van der Waals surface area contributed by atoms with Gasteiger partial charge in [0.2, 0.25) is 0 Å². The summed E-state index contributed by atoms with van der Waals surface area (Å²) in [5.41, 5.74) is 9.59. The van der Waals surface area contributed by atoms with Crippen LogP contribution < -0.4 is 10.6 Å². The molecule has 0 atom stereocenters. The Morgan fingerprint density at radius 3 is 3.13 bits per heavy atom. The highest BCUT2D eigenvalue weighted by atomic mass is 15.2. The smallest absolute Gasteiger partial charge is 0.0633 e. The summed E-state index contributed by atoms with van der Waals surface area (Å²) in [4.78, 5) is 2.40. The number of unbranched alkanes of at least 4 members (excludes halogenated alkanes) is 1. The van der Waals surface area contributed by atoms with Crippen molar-refractivity contribution < 1.29 is 0 Å². The van der Waals surface area contributed by atoms with E-state index in [1.54, 1.807) is 0 Å². The Bertz CT molecular complexity index is 358. The van der Waals surface area contributed by atoms with Crippen molar-refractivity contribution in [2.24, 2.45) is 0 Å². The molecule has 2 rings (SSSR count). The molecule has 2 heteroatoms. The summed E-state index contributed by atoms with van der Waals surface area (Å²) >= 11 is 0. The van der Waals surface area contributed by atoms with Crippen molar-refractivity contribution in [2.75, 3.05) is 23.7 Å². The minimum atomic E-state index is 0.920. The topological polar surface area (TPSA) is 29.3 Å². The number of rotatable bonds is 4. The Labute approximate surface area is 91.4 Å². The molecule has 0 unspecified atom stereocenters. The molecule has 1 aromatic rings. The lowest BCUT2D eigenvalue weighted by Crippen LogP contribution is -2.22. The molecule has 0 aliphatic carbocycles. The van der Waals surface area contributed by atoms with Crippen LogP contribution in [-0.4, -0.2) is 13.1 Å². The van der Waals surface area contributed by atoms with Crippen molar-refractivity contribution in [3.05, 3.63) is 36.4 Å². The van der Waals surface area contributed by atoms with Crippen LogP contribution in [0.25, 0.3) is 0 Å². The molecule has 1 aromatic carbocycles. The van der Waals surface area contributed by atoms with E-state index in [9.17, 15) is 0 Å². The van der Waals surface area contributed by atoms with Gasteiger partial charge in [-0.05, 0) is 30.9 Å².